The van der Waals surface area contributed by atoms with E-state index < -0.39 is 0 Å². The van der Waals surface area contributed by atoms with E-state index in [0.29, 0.717) is 25.3 Å². The molecule has 1 aromatic carbocycles. The van der Waals surface area contributed by atoms with E-state index in [2.05, 4.69) is 5.10 Å². The summed E-state index contributed by atoms with van der Waals surface area (Å²) < 4.78 is 15.6. The van der Waals surface area contributed by atoms with E-state index >= 15 is 0 Å². The summed E-state index contributed by atoms with van der Waals surface area (Å²) in [6.45, 7) is 3.56. The first kappa shape index (κ1) is 19.4. The maximum atomic E-state index is 13.9. The second-order valence-electron chi connectivity index (χ2n) is 8.26. The fourth-order valence-electron chi connectivity index (χ4n) is 4.61. The number of rotatable bonds is 2. The molecular formula is C21H26FN5O2. The van der Waals surface area contributed by atoms with E-state index in [4.69, 9.17) is 0 Å². The third kappa shape index (κ3) is 3.36. The molecular weight excluding hydrogens is 373 g/mol. The number of nitrogens with zero attached hydrogens (tertiary/aromatic N) is 5. The predicted molar refractivity (Wildman–Crippen MR) is 106 cm³/mol. The van der Waals surface area contributed by atoms with E-state index in [0.717, 1.165) is 11.3 Å². The maximum Gasteiger partial charge on any atom is 0.320 e. The van der Waals surface area contributed by atoms with Gasteiger partial charge < -0.3 is 14.7 Å². The van der Waals surface area contributed by atoms with Gasteiger partial charge in [-0.3, -0.25) is 9.48 Å². The zero-order valence-electron chi connectivity index (χ0n) is 17.2. The fraction of sp³-hybridized carbons (Fsp3) is 0.476. The Morgan fingerprint density at radius 3 is 2.55 bits per heavy atom. The average Bonchev–Trinajstić information content (AvgIpc) is 3.33. The summed E-state index contributed by atoms with van der Waals surface area (Å²) in [7, 11) is 5.26. The number of fused-ring (bicyclic) bond motifs is 1. The second-order valence-corrected chi connectivity index (χ2v) is 8.26. The fourth-order valence-corrected chi connectivity index (χ4v) is 4.61. The highest BCUT2D eigenvalue weighted by Gasteiger charge is 2.50. The van der Waals surface area contributed by atoms with Gasteiger partial charge in [0.15, 0.2) is 5.69 Å². The van der Waals surface area contributed by atoms with Crippen LogP contribution in [0.25, 0.3) is 0 Å². The third-order valence-electron chi connectivity index (χ3n) is 6.10. The Kier molecular flexibility index (Phi) is 4.80. The van der Waals surface area contributed by atoms with Crippen LogP contribution in [0, 0.1) is 24.6 Å². The minimum atomic E-state index is -0.321. The number of likely N-dealkylation sites (tertiary alicyclic amines) is 2. The highest BCUT2D eigenvalue weighted by molar-refractivity contribution is 5.92. The van der Waals surface area contributed by atoms with Gasteiger partial charge >= 0.3 is 6.03 Å². The van der Waals surface area contributed by atoms with Crippen LogP contribution in [-0.2, 0) is 7.05 Å². The number of aryl methyl sites for hydroxylation is 2. The molecule has 2 aliphatic heterocycles. The molecule has 0 bridgehead atoms. The molecule has 1 aromatic heterocycles. The van der Waals surface area contributed by atoms with Crippen molar-refractivity contribution in [2.24, 2.45) is 18.9 Å². The third-order valence-corrected chi connectivity index (χ3v) is 6.10. The Bertz CT molecular complexity index is 937. The first-order valence-electron chi connectivity index (χ1n) is 9.79. The average molecular weight is 399 g/mol. The number of hydrogen-bond donors (Lipinski definition) is 0. The highest BCUT2D eigenvalue weighted by atomic mass is 19.1. The molecule has 3 amide bonds. The van der Waals surface area contributed by atoms with Crippen LogP contribution in [0.1, 0.15) is 27.8 Å². The summed E-state index contributed by atoms with van der Waals surface area (Å²) in [6.07, 6.45) is 0. The number of amides is 3. The van der Waals surface area contributed by atoms with Crippen molar-refractivity contribution in [3.63, 3.8) is 0 Å². The van der Waals surface area contributed by atoms with Crippen LogP contribution in [0.4, 0.5) is 9.18 Å². The number of benzene rings is 1. The molecule has 0 radical (unpaired) electrons. The molecule has 0 N–H and O–H groups in total. The van der Waals surface area contributed by atoms with E-state index in [1.54, 1.807) is 35.8 Å². The summed E-state index contributed by atoms with van der Waals surface area (Å²) in [5.74, 6) is -0.194. The topological polar surface area (TPSA) is 61.7 Å². The van der Waals surface area contributed by atoms with Gasteiger partial charge in [0.05, 0.1) is 6.04 Å². The van der Waals surface area contributed by atoms with Gasteiger partial charge in [-0.2, -0.15) is 5.10 Å². The minimum absolute atomic E-state index is 0.0643. The quantitative estimate of drug-likeness (QED) is 0.779. The van der Waals surface area contributed by atoms with Gasteiger partial charge in [0.25, 0.3) is 5.91 Å². The van der Waals surface area contributed by atoms with Crippen LogP contribution >= 0.6 is 0 Å². The van der Waals surface area contributed by atoms with Crippen molar-refractivity contribution in [2.45, 2.75) is 13.0 Å². The molecule has 154 valence electrons. The lowest BCUT2D eigenvalue weighted by Gasteiger charge is -2.31. The van der Waals surface area contributed by atoms with Crippen molar-refractivity contribution in [1.29, 1.82) is 0 Å². The summed E-state index contributed by atoms with van der Waals surface area (Å²) in [5, 5.41) is 4.31. The molecule has 3 atom stereocenters. The van der Waals surface area contributed by atoms with Gasteiger partial charge in [-0.15, -0.1) is 0 Å². The van der Waals surface area contributed by atoms with Gasteiger partial charge in [0.1, 0.15) is 5.82 Å². The molecule has 0 unspecified atom stereocenters. The van der Waals surface area contributed by atoms with Crippen LogP contribution in [0.5, 0.6) is 0 Å². The van der Waals surface area contributed by atoms with Gasteiger partial charge in [0, 0.05) is 58.3 Å². The maximum absolute atomic E-state index is 13.9. The van der Waals surface area contributed by atoms with Crippen molar-refractivity contribution in [3.05, 3.63) is 53.1 Å². The van der Waals surface area contributed by atoms with Gasteiger partial charge in [0.2, 0.25) is 0 Å². The molecule has 4 rings (SSSR count). The number of halogens is 1. The summed E-state index contributed by atoms with van der Waals surface area (Å²) in [5.41, 5.74) is 2.14. The normalized spacial score (nSPS) is 23.4. The molecule has 2 fully saturated rings. The number of urea groups is 1. The molecule has 2 aliphatic rings. The molecule has 29 heavy (non-hydrogen) atoms. The van der Waals surface area contributed by atoms with Crippen molar-refractivity contribution in [3.8, 4) is 0 Å². The number of carbonyl (C=O) groups excluding carboxylic acids is 2. The molecule has 0 spiro atoms. The monoisotopic (exact) mass is 399 g/mol. The van der Waals surface area contributed by atoms with Crippen LogP contribution in [0.2, 0.25) is 0 Å². The van der Waals surface area contributed by atoms with Crippen molar-refractivity contribution in [2.75, 3.05) is 33.7 Å². The first-order valence-corrected chi connectivity index (χ1v) is 9.79. The number of carbonyl (C=O) groups is 2. The van der Waals surface area contributed by atoms with Crippen molar-refractivity contribution in [1.82, 2.24) is 24.5 Å². The van der Waals surface area contributed by atoms with Gasteiger partial charge in [-0.25, -0.2) is 9.18 Å². The Hall–Kier alpha value is -2.90. The van der Waals surface area contributed by atoms with E-state index in [-0.39, 0.29) is 35.6 Å². The number of hydrogen-bond acceptors (Lipinski definition) is 3. The molecule has 8 heteroatoms. The Labute approximate surface area is 169 Å². The Morgan fingerprint density at radius 2 is 1.93 bits per heavy atom. The smallest absolute Gasteiger partial charge is 0.320 e. The lowest BCUT2D eigenvalue weighted by Crippen LogP contribution is -2.42. The zero-order chi connectivity index (χ0) is 20.9. The lowest BCUT2D eigenvalue weighted by molar-refractivity contribution is 0.0760. The van der Waals surface area contributed by atoms with Crippen LogP contribution in [0.3, 0.4) is 0 Å². The van der Waals surface area contributed by atoms with Gasteiger partial charge in [-0.05, 0) is 30.7 Å². The van der Waals surface area contributed by atoms with Crippen molar-refractivity contribution < 1.29 is 14.0 Å². The van der Waals surface area contributed by atoms with E-state index in [1.165, 1.54) is 12.1 Å². The lowest BCUT2D eigenvalue weighted by atomic mass is 9.89. The highest BCUT2D eigenvalue weighted by Crippen LogP contribution is 2.45. The molecule has 3 heterocycles. The summed E-state index contributed by atoms with van der Waals surface area (Å²) in [6, 6.07) is 7.88. The Balaban J connectivity index is 1.61. The molecule has 2 saturated heterocycles. The molecule has 0 aliphatic carbocycles. The van der Waals surface area contributed by atoms with E-state index in [9.17, 15) is 14.0 Å². The standard InChI is InChI=1S/C21H26FN5O2/c1-13-8-18(23-25(13)4)20(28)26-10-15-11-27(21(29)24(2)3)19(17(15)12-26)14-6-5-7-16(22)9-14/h5-9,15,17,19H,10-12H2,1-4H3/t15-,17-,19-/m1/s1. The minimum Gasteiger partial charge on any atom is -0.337 e. The largest absolute Gasteiger partial charge is 0.337 e. The Morgan fingerprint density at radius 1 is 1.17 bits per heavy atom. The molecule has 0 saturated carbocycles. The predicted octanol–water partition coefficient (Wildman–Crippen LogP) is 2.29. The molecule has 7 nitrogen and oxygen atoms in total. The first-order chi connectivity index (χ1) is 13.8. The zero-order valence-corrected chi connectivity index (χ0v) is 17.2. The SMILES string of the molecule is Cc1cc(C(=O)N2C[C@@H]3CN(C(=O)N(C)C)[C@H](c4cccc(F)c4)[C@@H]3C2)nn1C. The summed E-state index contributed by atoms with van der Waals surface area (Å²) >= 11 is 0. The van der Waals surface area contributed by atoms with E-state index in [1.807, 2.05) is 29.8 Å². The van der Waals surface area contributed by atoms with Gasteiger partial charge in [-0.1, -0.05) is 12.1 Å². The van der Waals surface area contributed by atoms with Crippen LogP contribution in [-0.4, -0.2) is 70.1 Å². The van der Waals surface area contributed by atoms with Crippen LogP contribution < -0.4 is 0 Å². The second kappa shape index (κ2) is 7.17. The number of aromatic nitrogens is 2. The molecule has 2 aromatic rings. The van der Waals surface area contributed by atoms with Crippen molar-refractivity contribution >= 4 is 11.9 Å². The van der Waals surface area contributed by atoms with Crippen LogP contribution in [0.15, 0.2) is 30.3 Å². The summed E-state index contributed by atoms with van der Waals surface area (Å²) in [4.78, 5) is 30.9.